The molecule has 5 N–H and O–H groups in total. The van der Waals surface area contributed by atoms with E-state index in [1.54, 1.807) is 6.92 Å². The van der Waals surface area contributed by atoms with Gasteiger partial charge in [0.05, 0.1) is 18.3 Å². The molecule has 40 heavy (non-hydrogen) atoms. The number of carboxylic acid groups (broad SMARTS) is 1. The zero-order valence-electron chi connectivity index (χ0n) is 22.9. The Morgan fingerprint density at radius 2 is 1.55 bits per heavy atom. The summed E-state index contributed by atoms with van der Waals surface area (Å²) < 4.78 is 27.1. The summed E-state index contributed by atoms with van der Waals surface area (Å²) in [5, 5.41) is 9.41. The van der Waals surface area contributed by atoms with Gasteiger partial charge in [-0.05, 0) is 43.9 Å². The molecular weight excluding hydrogens is 543 g/mol. The normalized spacial score (nSPS) is 14.9. The van der Waals surface area contributed by atoms with Crippen LogP contribution in [0.1, 0.15) is 33.3 Å². The number of nitrogens with two attached hydrogens (primary N) is 1. The zero-order chi connectivity index (χ0) is 30.3. The Morgan fingerprint density at radius 3 is 2.08 bits per heavy atom. The summed E-state index contributed by atoms with van der Waals surface area (Å²) >= 11 is 0. The van der Waals surface area contributed by atoms with Gasteiger partial charge in [0.15, 0.2) is 0 Å². The smallest absolute Gasteiger partial charge is 0.483 e. The molecule has 0 aliphatic rings. The van der Waals surface area contributed by atoms with Crippen LogP contribution in [0.5, 0.6) is 0 Å². The number of carbonyl (C=O) groups is 4. The highest BCUT2D eigenvalue weighted by atomic mass is 31.2. The second kappa shape index (κ2) is 17.1. The van der Waals surface area contributed by atoms with Crippen LogP contribution in [-0.2, 0) is 39.6 Å². The molecule has 0 aromatic heterocycles. The predicted octanol–water partition coefficient (Wildman–Crippen LogP) is 3.36. The first kappa shape index (κ1) is 34.3. The summed E-state index contributed by atoms with van der Waals surface area (Å²) in [6, 6.07) is 16.2. The van der Waals surface area contributed by atoms with Gasteiger partial charge in [0.1, 0.15) is 6.04 Å². The van der Waals surface area contributed by atoms with Gasteiger partial charge in [-0.2, -0.15) is 0 Å². The highest BCUT2D eigenvalue weighted by Gasteiger charge is 2.33. The van der Waals surface area contributed by atoms with Gasteiger partial charge in [-0.25, -0.2) is 9.59 Å². The van der Waals surface area contributed by atoms with E-state index in [0.29, 0.717) is 0 Å². The van der Waals surface area contributed by atoms with E-state index in [9.17, 15) is 23.8 Å². The number of hydrogen-bond donors (Lipinski definition) is 4. The predicted molar refractivity (Wildman–Crippen MR) is 147 cm³/mol. The Balaban J connectivity index is 0.00000254. The Morgan fingerprint density at radius 1 is 1.00 bits per heavy atom. The third-order valence-electron chi connectivity index (χ3n) is 5.55. The van der Waals surface area contributed by atoms with E-state index in [-0.39, 0.29) is 25.7 Å². The highest BCUT2D eigenvalue weighted by Crippen LogP contribution is 2.46. The molecule has 0 aliphatic heterocycles. The number of rotatable bonds is 12. The molecule has 13 heteroatoms. The van der Waals surface area contributed by atoms with Crippen molar-refractivity contribution in [2.75, 3.05) is 12.8 Å². The molecule has 12 nitrogen and oxygen atoms in total. The molecule has 2 rings (SSSR count). The Kier molecular flexibility index (Phi) is 14.6. The second-order valence-electron chi connectivity index (χ2n) is 8.78. The number of hydrogen-bond acceptors (Lipinski definition) is 9. The molecule has 0 spiro atoms. The van der Waals surface area contributed by atoms with E-state index >= 15 is 0 Å². The lowest BCUT2D eigenvalue weighted by atomic mass is 9.97. The van der Waals surface area contributed by atoms with E-state index in [4.69, 9.17) is 25.1 Å². The molecule has 0 aliphatic carbocycles. The van der Waals surface area contributed by atoms with Crippen LogP contribution in [0.25, 0.3) is 11.1 Å². The Bertz CT molecular complexity index is 1140. The lowest BCUT2D eigenvalue weighted by molar-refractivity contribution is -0.170. The molecule has 0 heterocycles. The maximum absolute atomic E-state index is 13.1. The number of nitrogens with one attached hydrogen (secondary N) is 1. The average molecular weight is 581 g/mol. The summed E-state index contributed by atoms with van der Waals surface area (Å²) in [5.41, 5.74) is 8.49. The molecule has 0 saturated carbocycles. The van der Waals surface area contributed by atoms with Crippen molar-refractivity contribution in [2.45, 2.75) is 52.2 Å². The van der Waals surface area contributed by atoms with Crippen LogP contribution >= 0.6 is 7.37 Å². The van der Waals surface area contributed by atoms with Crippen molar-refractivity contribution in [2.24, 2.45) is 11.7 Å². The quantitative estimate of drug-likeness (QED) is 0.125. The number of benzene rings is 2. The van der Waals surface area contributed by atoms with E-state index in [1.165, 1.54) is 20.8 Å². The first-order valence-electron chi connectivity index (χ1n) is 12.5. The molecule has 1 amide bonds. The van der Waals surface area contributed by atoms with E-state index in [2.05, 4.69) is 10.1 Å². The first-order valence-corrected chi connectivity index (χ1v) is 14.4. The van der Waals surface area contributed by atoms with Gasteiger partial charge in [-0.3, -0.25) is 14.2 Å². The molecular formula is C27H37N2O10P. The largest absolute Gasteiger partial charge is 0.511 e. The second-order valence-corrected chi connectivity index (χ2v) is 11.5. The van der Waals surface area contributed by atoms with Gasteiger partial charge in [0.2, 0.25) is 19.6 Å². The fourth-order valence-electron chi connectivity index (χ4n) is 3.44. The Hall–Kier alpha value is -3.73. The van der Waals surface area contributed by atoms with Crippen LogP contribution in [0.3, 0.4) is 0 Å². The molecule has 0 saturated heterocycles. The number of carbonyl (C=O) groups excluding carboxylic acids is 3. The molecule has 0 bridgehead atoms. The van der Waals surface area contributed by atoms with Crippen molar-refractivity contribution in [3.8, 4) is 11.1 Å². The lowest BCUT2D eigenvalue weighted by Gasteiger charge is -2.24. The molecule has 2 aromatic rings. The first-order chi connectivity index (χ1) is 18.8. The van der Waals surface area contributed by atoms with Gasteiger partial charge in [-0.1, -0.05) is 54.6 Å². The Labute approximate surface area is 233 Å². The third-order valence-corrected chi connectivity index (χ3v) is 7.79. The average Bonchev–Trinajstić information content (AvgIpc) is 2.89. The van der Waals surface area contributed by atoms with E-state index < -0.39 is 49.4 Å². The van der Waals surface area contributed by atoms with Crippen molar-refractivity contribution in [1.29, 1.82) is 0 Å². The van der Waals surface area contributed by atoms with Crippen LogP contribution in [0.2, 0.25) is 0 Å². The SMILES string of the molecule is CCOC(=O)OC(C)OC(=O)[C@H](C)NC(=O)[C@H](Cc1ccc(-c2ccccc2)cc1)CP(=O)(O)[C@H](C)N.O=CO. The third kappa shape index (κ3) is 12.0. The molecule has 0 radical (unpaired) electrons. The van der Waals surface area contributed by atoms with Gasteiger partial charge in [0.25, 0.3) is 6.47 Å². The van der Waals surface area contributed by atoms with Crippen molar-refractivity contribution >= 4 is 31.9 Å². The minimum atomic E-state index is -3.85. The maximum Gasteiger partial charge on any atom is 0.511 e. The van der Waals surface area contributed by atoms with E-state index in [0.717, 1.165) is 16.7 Å². The fourth-order valence-corrected chi connectivity index (χ4v) is 4.70. The minimum Gasteiger partial charge on any atom is -0.483 e. The van der Waals surface area contributed by atoms with Crippen molar-refractivity contribution in [3.63, 3.8) is 0 Å². The zero-order valence-corrected chi connectivity index (χ0v) is 23.8. The van der Waals surface area contributed by atoms with Crippen LogP contribution in [0.4, 0.5) is 4.79 Å². The molecule has 5 atom stereocenters. The minimum absolute atomic E-state index is 0.0957. The van der Waals surface area contributed by atoms with Gasteiger partial charge < -0.3 is 35.3 Å². The van der Waals surface area contributed by atoms with Crippen LogP contribution in [0, 0.1) is 5.92 Å². The summed E-state index contributed by atoms with van der Waals surface area (Å²) in [6.07, 6.45) is -2.43. The van der Waals surface area contributed by atoms with Gasteiger partial charge in [0, 0.05) is 13.1 Å². The highest BCUT2D eigenvalue weighted by molar-refractivity contribution is 7.58. The fraction of sp³-hybridized carbons (Fsp3) is 0.407. The van der Waals surface area contributed by atoms with Crippen molar-refractivity contribution in [3.05, 3.63) is 60.2 Å². The number of esters is 1. The number of amides is 1. The molecule has 2 aromatic carbocycles. The molecule has 220 valence electrons. The number of ether oxygens (including phenoxy) is 3. The van der Waals surface area contributed by atoms with Crippen LogP contribution in [0.15, 0.2) is 54.6 Å². The molecule has 2 unspecified atom stereocenters. The lowest BCUT2D eigenvalue weighted by Crippen LogP contribution is -2.45. The van der Waals surface area contributed by atoms with Crippen molar-refractivity contribution < 1.29 is 48.0 Å². The topological polar surface area (TPSA) is 192 Å². The van der Waals surface area contributed by atoms with Crippen LogP contribution < -0.4 is 11.1 Å². The summed E-state index contributed by atoms with van der Waals surface area (Å²) in [5.74, 6) is -3.42. The van der Waals surface area contributed by atoms with Gasteiger partial charge >= 0.3 is 12.1 Å². The summed E-state index contributed by atoms with van der Waals surface area (Å²) in [4.78, 5) is 55.6. The van der Waals surface area contributed by atoms with Crippen molar-refractivity contribution in [1.82, 2.24) is 5.32 Å². The van der Waals surface area contributed by atoms with Gasteiger partial charge in [-0.15, -0.1) is 0 Å². The summed E-state index contributed by atoms with van der Waals surface area (Å²) in [7, 11) is -3.85. The van der Waals surface area contributed by atoms with E-state index in [1.807, 2.05) is 54.6 Å². The standard InChI is InChI=1S/C26H35N2O8P.CH2O2/c1-5-34-26(31)36-19(4)35-25(30)17(2)28-24(29)23(16-37(32,33)18(3)27)15-20-11-13-22(14-12-20)21-9-7-6-8-10-21;2-1-3/h6-14,17-19,23H,5,15-16,27H2,1-4H3,(H,28,29)(H,32,33);1H,(H,2,3)/t17-,18+,19?,23+;/m0./s1. The molecule has 0 fully saturated rings. The summed E-state index contributed by atoms with van der Waals surface area (Å²) in [6.45, 7) is 5.58. The van der Waals surface area contributed by atoms with Crippen LogP contribution in [-0.4, -0.2) is 65.4 Å². The maximum atomic E-state index is 13.1. The monoisotopic (exact) mass is 580 g/mol.